The van der Waals surface area contributed by atoms with Gasteiger partial charge >= 0.3 is 0 Å². The van der Waals surface area contributed by atoms with Crippen LogP contribution in [0.3, 0.4) is 0 Å². The van der Waals surface area contributed by atoms with Crippen LogP contribution in [0.5, 0.6) is 0 Å². The quantitative estimate of drug-likeness (QED) is 0.748. The second kappa shape index (κ2) is 4.86. The van der Waals surface area contributed by atoms with Crippen molar-refractivity contribution in [1.29, 1.82) is 0 Å². The summed E-state index contributed by atoms with van der Waals surface area (Å²) in [7, 11) is 0. The third-order valence-electron chi connectivity index (χ3n) is 4.17. The minimum Gasteiger partial charge on any atom is -0.356 e. The topological polar surface area (TPSA) is 33.2 Å². The van der Waals surface area contributed by atoms with Crippen LogP contribution in [-0.4, -0.2) is 24.4 Å². The number of aldehydes is 1. The molecule has 92 valence electrons. The number of anilines is 1. The van der Waals surface area contributed by atoms with Crippen LogP contribution in [0, 0.1) is 5.41 Å². The third-order valence-corrected chi connectivity index (χ3v) is 4.17. The molecule has 1 aromatic heterocycles. The van der Waals surface area contributed by atoms with Gasteiger partial charge in [-0.3, -0.25) is 4.79 Å². The monoisotopic (exact) mass is 232 g/mol. The lowest BCUT2D eigenvalue weighted by Gasteiger charge is -2.26. The van der Waals surface area contributed by atoms with E-state index in [4.69, 9.17) is 0 Å². The maximum absolute atomic E-state index is 10.6. The van der Waals surface area contributed by atoms with Gasteiger partial charge in [-0.05, 0) is 36.8 Å². The van der Waals surface area contributed by atoms with Gasteiger partial charge in [-0.15, -0.1) is 0 Å². The Hall–Kier alpha value is -1.38. The van der Waals surface area contributed by atoms with Crippen molar-refractivity contribution < 1.29 is 4.79 Å². The molecule has 2 heterocycles. The van der Waals surface area contributed by atoms with Crippen molar-refractivity contribution in [1.82, 2.24) is 4.98 Å². The van der Waals surface area contributed by atoms with Crippen molar-refractivity contribution in [3.63, 3.8) is 0 Å². The molecule has 3 heteroatoms. The highest BCUT2D eigenvalue weighted by Crippen LogP contribution is 2.38. The van der Waals surface area contributed by atoms with Crippen molar-refractivity contribution in [2.24, 2.45) is 5.41 Å². The first-order valence-corrected chi connectivity index (χ1v) is 6.39. The minimum absolute atomic E-state index is 0.463. The van der Waals surface area contributed by atoms with Gasteiger partial charge in [0.05, 0.1) is 0 Å². The van der Waals surface area contributed by atoms with E-state index < -0.39 is 0 Å². The van der Waals surface area contributed by atoms with Crippen molar-refractivity contribution in [2.75, 3.05) is 18.0 Å². The van der Waals surface area contributed by atoms with Crippen molar-refractivity contribution in [3.05, 3.63) is 23.9 Å². The summed E-state index contributed by atoms with van der Waals surface area (Å²) in [5, 5.41) is 0. The Morgan fingerprint density at radius 2 is 2.18 bits per heavy atom. The molecule has 3 nitrogen and oxygen atoms in total. The number of aromatic nitrogens is 1. The predicted molar refractivity (Wildman–Crippen MR) is 69.5 cm³/mol. The molecule has 0 spiro atoms. The molecule has 1 aliphatic rings. The van der Waals surface area contributed by atoms with E-state index in [-0.39, 0.29) is 0 Å². The Bertz CT molecular complexity index is 382. The molecule has 0 bridgehead atoms. The maximum atomic E-state index is 10.6. The van der Waals surface area contributed by atoms with Gasteiger partial charge in [-0.2, -0.15) is 0 Å². The summed E-state index contributed by atoms with van der Waals surface area (Å²) in [6.45, 7) is 6.72. The van der Waals surface area contributed by atoms with Gasteiger partial charge in [0.15, 0.2) is 6.29 Å². The summed E-state index contributed by atoms with van der Waals surface area (Å²) in [6.07, 6.45) is 6.19. The van der Waals surface area contributed by atoms with Crippen LogP contribution in [0.2, 0.25) is 0 Å². The van der Waals surface area contributed by atoms with Crippen LogP contribution < -0.4 is 4.90 Å². The van der Waals surface area contributed by atoms with Gasteiger partial charge in [-0.25, -0.2) is 4.98 Å². The minimum atomic E-state index is 0.463. The van der Waals surface area contributed by atoms with Crippen molar-refractivity contribution in [2.45, 2.75) is 33.1 Å². The molecule has 0 atom stereocenters. The summed E-state index contributed by atoms with van der Waals surface area (Å²) < 4.78 is 0. The summed E-state index contributed by atoms with van der Waals surface area (Å²) in [5.41, 5.74) is 1.11. The first-order valence-electron chi connectivity index (χ1n) is 6.39. The fourth-order valence-corrected chi connectivity index (χ4v) is 2.61. The first kappa shape index (κ1) is 12.1. The van der Waals surface area contributed by atoms with Crippen molar-refractivity contribution in [3.8, 4) is 0 Å². The number of pyridine rings is 1. The van der Waals surface area contributed by atoms with Crippen LogP contribution in [0.4, 0.5) is 5.82 Å². The number of hydrogen-bond donors (Lipinski definition) is 0. The standard InChI is InChI=1S/C14H20N2O/c1-3-14(4-2)7-8-16(11-14)13-6-5-12(10-17)9-15-13/h5-6,9-10H,3-4,7-8,11H2,1-2H3. The second-order valence-electron chi connectivity index (χ2n) is 4.95. The van der Waals surface area contributed by atoms with Crippen LogP contribution in [-0.2, 0) is 0 Å². The van der Waals surface area contributed by atoms with Crippen LogP contribution in [0.1, 0.15) is 43.5 Å². The molecule has 1 fully saturated rings. The number of hydrogen-bond acceptors (Lipinski definition) is 3. The van der Waals surface area contributed by atoms with E-state index in [1.807, 2.05) is 12.1 Å². The smallest absolute Gasteiger partial charge is 0.151 e. The SMILES string of the molecule is CCC1(CC)CCN(c2ccc(C=O)cn2)C1. The number of carbonyl (C=O) groups is 1. The van der Waals surface area contributed by atoms with Crippen LogP contribution in [0.25, 0.3) is 0 Å². The summed E-state index contributed by atoms with van der Waals surface area (Å²) in [6, 6.07) is 3.79. The lowest BCUT2D eigenvalue weighted by Crippen LogP contribution is -2.26. The molecule has 1 saturated heterocycles. The maximum Gasteiger partial charge on any atom is 0.151 e. The molecule has 0 unspecified atom stereocenters. The van der Waals surface area contributed by atoms with Crippen molar-refractivity contribution >= 4 is 12.1 Å². The van der Waals surface area contributed by atoms with E-state index in [2.05, 4.69) is 23.7 Å². The average molecular weight is 232 g/mol. The largest absolute Gasteiger partial charge is 0.356 e. The van der Waals surface area contributed by atoms with Gasteiger partial charge in [0.1, 0.15) is 5.82 Å². The highest BCUT2D eigenvalue weighted by atomic mass is 16.1. The Morgan fingerprint density at radius 1 is 1.41 bits per heavy atom. The Morgan fingerprint density at radius 3 is 2.65 bits per heavy atom. The lowest BCUT2D eigenvalue weighted by molar-refractivity contribution is 0.112. The van der Waals surface area contributed by atoms with E-state index in [9.17, 15) is 4.79 Å². The molecule has 1 aliphatic heterocycles. The van der Waals surface area contributed by atoms with E-state index in [0.29, 0.717) is 11.0 Å². The summed E-state index contributed by atoms with van der Waals surface area (Å²) in [4.78, 5) is 17.3. The Kier molecular flexibility index (Phi) is 3.46. The number of carbonyl (C=O) groups excluding carboxylic acids is 1. The van der Waals surface area contributed by atoms with Gasteiger partial charge in [0.25, 0.3) is 0 Å². The first-order chi connectivity index (χ1) is 8.23. The summed E-state index contributed by atoms with van der Waals surface area (Å²) >= 11 is 0. The molecular weight excluding hydrogens is 212 g/mol. The number of rotatable bonds is 4. The highest BCUT2D eigenvalue weighted by molar-refractivity contribution is 5.74. The normalized spacial score (nSPS) is 18.4. The second-order valence-corrected chi connectivity index (χ2v) is 4.95. The Balaban J connectivity index is 2.11. The van der Waals surface area contributed by atoms with Crippen LogP contribution >= 0.6 is 0 Å². The van der Waals surface area contributed by atoms with E-state index in [1.165, 1.54) is 19.3 Å². The number of nitrogens with zero attached hydrogens (tertiary/aromatic N) is 2. The zero-order valence-corrected chi connectivity index (χ0v) is 10.6. The van der Waals surface area contributed by atoms with E-state index in [0.717, 1.165) is 25.2 Å². The third kappa shape index (κ3) is 2.33. The zero-order valence-electron chi connectivity index (χ0n) is 10.6. The van der Waals surface area contributed by atoms with Gasteiger partial charge in [-0.1, -0.05) is 13.8 Å². The average Bonchev–Trinajstić information content (AvgIpc) is 2.84. The molecule has 0 radical (unpaired) electrons. The van der Waals surface area contributed by atoms with Gasteiger partial charge < -0.3 is 4.90 Å². The molecule has 0 amide bonds. The summed E-state index contributed by atoms with van der Waals surface area (Å²) in [5.74, 6) is 0.999. The van der Waals surface area contributed by atoms with E-state index in [1.54, 1.807) is 6.20 Å². The fraction of sp³-hybridized carbons (Fsp3) is 0.571. The van der Waals surface area contributed by atoms with Gasteiger partial charge in [0.2, 0.25) is 0 Å². The molecule has 0 saturated carbocycles. The Labute approximate surface area is 103 Å². The molecule has 17 heavy (non-hydrogen) atoms. The fourth-order valence-electron chi connectivity index (χ4n) is 2.61. The molecular formula is C14H20N2O. The predicted octanol–water partition coefficient (Wildman–Crippen LogP) is 2.91. The molecule has 0 aromatic carbocycles. The lowest BCUT2D eigenvalue weighted by atomic mass is 9.82. The van der Waals surface area contributed by atoms with Crippen LogP contribution in [0.15, 0.2) is 18.3 Å². The van der Waals surface area contributed by atoms with Gasteiger partial charge in [0, 0.05) is 24.8 Å². The molecule has 1 aromatic rings. The molecule has 2 rings (SSSR count). The van der Waals surface area contributed by atoms with E-state index >= 15 is 0 Å². The zero-order chi connectivity index (χ0) is 12.3. The highest BCUT2D eigenvalue weighted by Gasteiger charge is 2.35. The molecule has 0 N–H and O–H groups in total. The molecule has 0 aliphatic carbocycles.